The molecule has 2 atom stereocenters. The van der Waals surface area contributed by atoms with E-state index < -0.39 is 35.3 Å². The van der Waals surface area contributed by atoms with E-state index in [-0.39, 0.29) is 23.7 Å². The molecular weight excluding hydrogens is 332 g/mol. The molecule has 3 rings (SSSR count). The predicted molar refractivity (Wildman–Crippen MR) is 84.8 cm³/mol. The number of fused-ring (bicyclic) bond motifs is 1. The normalized spacial score (nSPS) is 19.1. The molecular formula is C18H15F2NO4. The summed E-state index contributed by atoms with van der Waals surface area (Å²) >= 11 is 0. The molecule has 1 aliphatic heterocycles. The van der Waals surface area contributed by atoms with Gasteiger partial charge < -0.3 is 14.6 Å². The van der Waals surface area contributed by atoms with Crippen LogP contribution in [0.3, 0.4) is 0 Å². The summed E-state index contributed by atoms with van der Waals surface area (Å²) in [6.45, 7) is 1.70. The van der Waals surface area contributed by atoms with Crippen LogP contribution in [0.15, 0.2) is 36.4 Å². The Kier molecular flexibility index (Phi) is 4.39. The average Bonchev–Trinajstić information content (AvgIpc) is 2.53. The van der Waals surface area contributed by atoms with E-state index in [1.165, 1.54) is 24.3 Å². The van der Waals surface area contributed by atoms with Gasteiger partial charge in [-0.15, -0.1) is 0 Å². The highest BCUT2D eigenvalue weighted by Gasteiger charge is 2.43. The molecule has 2 unspecified atom stereocenters. The van der Waals surface area contributed by atoms with Crippen molar-refractivity contribution in [2.24, 2.45) is 5.92 Å². The van der Waals surface area contributed by atoms with E-state index in [0.29, 0.717) is 5.56 Å². The van der Waals surface area contributed by atoms with E-state index >= 15 is 0 Å². The minimum atomic E-state index is -1.21. The molecule has 0 radical (unpaired) electrons. The molecule has 25 heavy (non-hydrogen) atoms. The van der Waals surface area contributed by atoms with Gasteiger partial charge in [-0.3, -0.25) is 10.2 Å². The molecule has 1 aliphatic rings. The van der Waals surface area contributed by atoms with Gasteiger partial charge in [-0.1, -0.05) is 12.1 Å². The Morgan fingerprint density at radius 1 is 1.24 bits per heavy atom. The number of nitrogens with one attached hydrogen (secondary N) is 1. The van der Waals surface area contributed by atoms with Crippen molar-refractivity contribution in [1.82, 2.24) is 0 Å². The standard InChI is InChI=1S/C18H15F2NO4/c1-2-24-18(23)16-15(11-5-3-9(19)7-13(11)20)12-6-4-10(22)8-14(12)25-17(16)21/h3-8,15-16,21-22H,2H2,1H3. The number of hydrogen-bond donors (Lipinski definition) is 2. The second-order valence-corrected chi connectivity index (χ2v) is 5.56. The summed E-state index contributed by atoms with van der Waals surface area (Å²) in [5, 5.41) is 17.7. The molecule has 2 aromatic rings. The third-order valence-electron chi connectivity index (χ3n) is 4.01. The van der Waals surface area contributed by atoms with Crippen molar-refractivity contribution < 1.29 is 28.2 Å². The van der Waals surface area contributed by atoms with Gasteiger partial charge in [-0.2, -0.15) is 0 Å². The maximum atomic E-state index is 14.4. The molecule has 130 valence electrons. The molecule has 0 bridgehead atoms. The third kappa shape index (κ3) is 3.05. The van der Waals surface area contributed by atoms with Gasteiger partial charge in [0.25, 0.3) is 0 Å². The number of esters is 1. The average molecular weight is 347 g/mol. The van der Waals surface area contributed by atoms with Gasteiger partial charge in [0.1, 0.15) is 29.1 Å². The third-order valence-corrected chi connectivity index (χ3v) is 4.01. The molecule has 0 saturated heterocycles. The van der Waals surface area contributed by atoms with Crippen molar-refractivity contribution in [3.63, 3.8) is 0 Å². The fraction of sp³-hybridized carbons (Fsp3) is 0.222. The van der Waals surface area contributed by atoms with Gasteiger partial charge in [0, 0.05) is 23.6 Å². The molecule has 0 amide bonds. The molecule has 0 aromatic heterocycles. The quantitative estimate of drug-likeness (QED) is 0.835. The number of phenols is 1. The zero-order valence-corrected chi connectivity index (χ0v) is 13.3. The molecule has 0 saturated carbocycles. The fourth-order valence-corrected chi connectivity index (χ4v) is 2.96. The first-order valence-electron chi connectivity index (χ1n) is 7.63. The zero-order chi connectivity index (χ0) is 18.1. The summed E-state index contributed by atoms with van der Waals surface area (Å²) in [7, 11) is 0. The van der Waals surface area contributed by atoms with Crippen molar-refractivity contribution in [2.45, 2.75) is 12.8 Å². The lowest BCUT2D eigenvalue weighted by Gasteiger charge is -2.32. The van der Waals surface area contributed by atoms with E-state index in [2.05, 4.69) is 0 Å². The smallest absolute Gasteiger partial charge is 0.319 e. The van der Waals surface area contributed by atoms with Gasteiger partial charge in [0.15, 0.2) is 0 Å². The highest BCUT2D eigenvalue weighted by atomic mass is 19.1. The van der Waals surface area contributed by atoms with Crippen molar-refractivity contribution >= 4 is 11.9 Å². The minimum absolute atomic E-state index is 0.0412. The summed E-state index contributed by atoms with van der Waals surface area (Å²) in [5.74, 6) is -4.85. The molecule has 5 nitrogen and oxygen atoms in total. The van der Waals surface area contributed by atoms with Crippen LogP contribution >= 0.6 is 0 Å². The Morgan fingerprint density at radius 2 is 1.96 bits per heavy atom. The van der Waals surface area contributed by atoms with Crippen LogP contribution in [0, 0.1) is 23.0 Å². The molecule has 1 heterocycles. The van der Waals surface area contributed by atoms with Gasteiger partial charge in [0.05, 0.1) is 6.61 Å². The molecule has 0 spiro atoms. The number of ether oxygens (including phenoxy) is 2. The highest BCUT2D eigenvalue weighted by Crippen LogP contribution is 2.44. The molecule has 0 aliphatic carbocycles. The Hall–Kier alpha value is -2.96. The van der Waals surface area contributed by atoms with Crippen LogP contribution in [0.2, 0.25) is 0 Å². The Bertz CT molecular complexity index is 853. The SMILES string of the molecule is CCOC(=O)C1C(=N)Oc2cc(O)ccc2C1c1ccc(F)cc1F. The van der Waals surface area contributed by atoms with Crippen LogP contribution in [-0.2, 0) is 9.53 Å². The van der Waals surface area contributed by atoms with Crippen LogP contribution in [-0.4, -0.2) is 23.6 Å². The lowest BCUT2D eigenvalue weighted by molar-refractivity contribution is -0.146. The number of aromatic hydroxyl groups is 1. The molecule has 2 N–H and O–H groups in total. The van der Waals surface area contributed by atoms with Crippen molar-refractivity contribution in [3.05, 3.63) is 59.2 Å². The number of hydrogen-bond acceptors (Lipinski definition) is 5. The topological polar surface area (TPSA) is 79.6 Å². The van der Waals surface area contributed by atoms with Gasteiger partial charge in [-0.25, -0.2) is 8.78 Å². The van der Waals surface area contributed by atoms with Crippen LogP contribution in [0.5, 0.6) is 11.5 Å². The summed E-state index contributed by atoms with van der Waals surface area (Å²) < 4.78 is 38.0. The number of carbonyl (C=O) groups is 1. The fourth-order valence-electron chi connectivity index (χ4n) is 2.96. The van der Waals surface area contributed by atoms with Crippen LogP contribution < -0.4 is 4.74 Å². The molecule has 7 heteroatoms. The van der Waals surface area contributed by atoms with E-state index in [9.17, 15) is 18.7 Å². The lowest BCUT2D eigenvalue weighted by Crippen LogP contribution is -2.38. The van der Waals surface area contributed by atoms with E-state index in [1.54, 1.807) is 6.92 Å². The maximum Gasteiger partial charge on any atom is 0.319 e. The second kappa shape index (κ2) is 6.51. The molecule has 0 fully saturated rings. The van der Waals surface area contributed by atoms with Crippen molar-refractivity contribution in [2.75, 3.05) is 6.61 Å². The first kappa shape index (κ1) is 16.9. The molecule has 2 aromatic carbocycles. The monoisotopic (exact) mass is 347 g/mol. The maximum absolute atomic E-state index is 14.4. The van der Waals surface area contributed by atoms with Crippen LogP contribution in [0.1, 0.15) is 24.0 Å². The first-order chi connectivity index (χ1) is 11.9. The van der Waals surface area contributed by atoms with Crippen molar-refractivity contribution in [1.29, 1.82) is 5.41 Å². The Labute approximate surface area is 142 Å². The van der Waals surface area contributed by atoms with Crippen molar-refractivity contribution in [3.8, 4) is 11.5 Å². The summed E-state index contributed by atoms with van der Waals surface area (Å²) in [5.41, 5.74) is 0.441. The van der Waals surface area contributed by atoms with E-state index in [0.717, 1.165) is 12.1 Å². The van der Waals surface area contributed by atoms with Crippen LogP contribution in [0.25, 0.3) is 0 Å². The first-order valence-corrected chi connectivity index (χ1v) is 7.63. The highest BCUT2D eigenvalue weighted by molar-refractivity contribution is 6.00. The van der Waals surface area contributed by atoms with Crippen LogP contribution in [0.4, 0.5) is 8.78 Å². The van der Waals surface area contributed by atoms with Gasteiger partial charge >= 0.3 is 5.97 Å². The Balaban J connectivity index is 2.20. The largest absolute Gasteiger partial charge is 0.508 e. The zero-order valence-electron chi connectivity index (χ0n) is 13.3. The number of carbonyl (C=O) groups excluding carboxylic acids is 1. The minimum Gasteiger partial charge on any atom is -0.508 e. The second-order valence-electron chi connectivity index (χ2n) is 5.56. The number of rotatable bonds is 3. The lowest BCUT2D eigenvalue weighted by atomic mass is 9.78. The van der Waals surface area contributed by atoms with E-state index in [4.69, 9.17) is 14.9 Å². The van der Waals surface area contributed by atoms with Gasteiger partial charge in [-0.05, 0) is 24.6 Å². The number of phenolic OH excluding ortho intramolecular Hbond substituents is 1. The predicted octanol–water partition coefficient (Wildman–Crippen LogP) is 3.35. The summed E-state index contributed by atoms with van der Waals surface area (Å²) in [6.07, 6.45) is 0. The van der Waals surface area contributed by atoms with Gasteiger partial charge in [0.2, 0.25) is 5.90 Å². The summed E-state index contributed by atoms with van der Waals surface area (Å²) in [4.78, 5) is 12.4. The van der Waals surface area contributed by atoms with E-state index in [1.807, 2.05) is 0 Å². The summed E-state index contributed by atoms with van der Waals surface area (Å²) in [6, 6.07) is 7.16. The number of halogens is 2. The number of benzene rings is 2. The Morgan fingerprint density at radius 3 is 2.64 bits per heavy atom.